The van der Waals surface area contributed by atoms with Crippen LogP contribution in [0.2, 0.25) is 0 Å². The van der Waals surface area contributed by atoms with Crippen LogP contribution in [-0.4, -0.2) is 31.3 Å². The summed E-state index contributed by atoms with van der Waals surface area (Å²) in [6.45, 7) is 3.70. The van der Waals surface area contributed by atoms with Crippen molar-refractivity contribution in [2.24, 2.45) is 0 Å². The van der Waals surface area contributed by atoms with Crippen molar-refractivity contribution in [1.82, 2.24) is 4.57 Å². The molecule has 0 N–H and O–H groups in total. The van der Waals surface area contributed by atoms with E-state index in [1.165, 1.54) is 22.8 Å². The van der Waals surface area contributed by atoms with Gasteiger partial charge in [0.05, 0.1) is 16.6 Å². The van der Waals surface area contributed by atoms with E-state index in [0.29, 0.717) is 5.75 Å². The van der Waals surface area contributed by atoms with E-state index in [0.717, 1.165) is 17.0 Å². The first-order valence-electron chi connectivity index (χ1n) is 7.88. The summed E-state index contributed by atoms with van der Waals surface area (Å²) in [5.74, 6) is 0.0301. The highest BCUT2D eigenvalue weighted by molar-refractivity contribution is 7.90. The fourth-order valence-corrected chi connectivity index (χ4v) is 3.25. The van der Waals surface area contributed by atoms with Gasteiger partial charge >= 0.3 is 0 Å². The first kappa shape index (κ1) is 17.2. The number of sulfone groups is 1. The molecule has 0 aliphatic heterocycles. The second-order valence-electron chi connectivity index (χ2n) is 6.20. The van der Waals surface area contributed by atoms with Crippen LogP contribution in [0, 0.1) is 0 Å². The van der Waals surface area contributed by atoms with E-state index in [9.17, 15) is 13.2 Å². The molecule has 0 saturated heterocycles. The monoisotopic (exact) mass is 357 g/mol. The molecule has 5 nitrogen and oxygen atoms in total. The fourth-order valence-electron chi connectivity index (χ4n) is 2.60. The average Bonchev–Trinajstić information content (AvgIpc) is 2.97. The van der Waals surface area contributed by atoms with Crippen molar-refractivity contribution in [3.8, 4) is 5.75 Å². The number of benzene rings is 2. The predicted molar refractivity (Wildman–Crippen MR) is 97.0 cm³/mol. The molecular weight excluding hydrogens is 338 g/mol. The lowest BCUT2D eigenvalue weighted by Crippen LogP contribution is -2.15. The Kier molecular flexibility index (Phi) is 4.39. The number of hydrogen-bond donors (Lipinski definition) is 0. The van der Waals surface area contributed by atoms with Crippen LogP contribution in [0.3, 0.4) is 0 Å². The second kappa shape index (κ2) is 6.37. The Bertz CT molecular complexity index is 1020. The Morgan fingerprint density at radius 1 is 1.04 bits per heavy atom. The SMILES string of the molecule is CC(C)Oc1ccc(S(C)(=O)=O)cc1C(=O)n1cc2ccccc2c1. The van der Waals surface area contributed by atoms with E-state index < -0.39 is 9.84 Å². The quantitative estimate of drug-likeness (QED) is 0.717. The molecule has 0 radical (unpaired) electrons. The molecule has 0 aliphatic rings. The summed E-state index contributed by atoms with van der Waals surface area (Å²) < 4.78 is 30.9. The van der Waals surface area contributed by atoms with Crippen LogP contribution in [0.1, 0.15) is 24.2 Å². The second-order valence-corrected chi connectivity index (χ2v) is 8.21. The number of rotatable bonds is 4. The van der Waals surface area contributed by atoms with Gasteiger partial charge < -0.3 is 4.74 Å². The summed E-state index contributed by atoms with van der Waals surface area (Å²) in [4.78, 5) is 13.1. The number of nitrogens with zero attached hydrogens (tertiary/aromatic N) is 1. The fraction of sp³-hybridized carbons (Fsp3) is 0.211. The first-order chi connectivity index (χ1) is 11.8. The minimum atomic E-state index is -3.43. The molecule has 0 unspecified atom stereocenters. The van der Waals surface area contributed by atoms with Crippen molar-refractivity contribution in [2.75, 3.05) is 6.26 Å². The number of carbonyl (C=O) groups is 1. The number of aromatic nitrogens is 1. The van der Waals surface area contributed by atoms with Gasteiger partial charge in [0.1, 0.15) is 5.75 Å². The average molecular weight is 357 g/mol. The molecule has 3 aromatic rings. The molecular formula is C19H19NO4S. The Labute approximate surface area is 146 Å². The number of ether oxygens (including phenoxy) is 1. The summed E-state index contributed by atoms with van der Waals surface area (Å²) in [5, 5.41) is 1.86. The molecule has 0 aliphatic carbocycles. The van der Waals surface area contributed by atoms with Crippen molar-refractivity contribution < 1.29 is 17.9 Å². The molecule has 0 saturated carbocycles. The van der Waals surface area contributed by atoms with Gasteiger partial charge in [0.2, 0.25) is 0 Å². The molecule has 1 aromatic heterocycles. The molecule has 0 bridgehead atoms. The van der Waals surface area contributed by atoms with Crippen LogP contribution in [0.15, 0.2) is 59.8 Å². The lowest BCUT2D eigenvalue weighted by molar-refractivity contribution is 0.0954. The Balaban J connectivity index is 2.13. The summed E-state index contributed by atoms with van der Waals surface area (Å²) in [6.07, 6.45) is 4.43. The van der Waals surface area contributed by atoms with Gasteiger partial charge in [0, 0.05) is 18.6 Å². The summed E-state index contributed by atoms with van der Waals surface area (Å²) in [6, 6.07) is 12.0. The van der Waals surface area contributed by atoms with Crippen molar-refractivity contribution in [3.05, 3.63) is 60.4 Å². The molecule has 3 rings (SSSR count). The van der Waals surface area contributed by atoms with Crippen LogP contribution in [0.4, 0.5) is 0 Å². The normalized spacial score (nSPS) is 11.8. The zero-order valence-electron chi connectivity index (χ0n) is 14.3. The highest BCUT2D eigenvalue weighted by Crippen LogP contribution is 2.26. The van der Waals surface area contributed by atoms with Crippen molar-refractivity contribution >= 4 is 26.5 Å². The van der Waals surface area contributed by atoms with Crippen molar-refractivity contribution in [1.29, 1.82) is 0 Å². The van der Waals surface area contributed by atoms with E-state index in [-0.39, 0.29) is 22.5 Å². The minimum absolute atomic E-state index is 0.0867. The third-order valence-corrected chi connectivity index (χ3v) is 4.87. The van der Waals surface area contributed by atoms with Crippen molar-refractivity contribution in [2.45, 2.75) is 24.8 Å². The molecule has 130 valence electrons. The number of fused-ring (bicyclic) bond motifs is 1. The van der Waals surface area contributed by atoms with E-state index in [2.05, 4.69) is 0 Å². The predicted octanol–water partition coefficient (Wildman–Crippen LogP) is 3.52. The van der Waals surface area contributed by atoms with Gasteiger partial charge in [-0.3, -0.25) is 9.36 Å². The summed E-state index contributed by atoms with van der Waals surface area (Å²) in [5.41, 5.74) is 0.219. The maximum Gasteiger partial charge on any atom is 0.265 e. The highest BCUT2D eigenvalue weighted by Gasteiger charge is 2.19. The van der Waals surface area contributed by atoms with E-state index in [1.807, 2.05) is 38.1 Å². The van der Waals surface area contributed by atoms with Gasteiger partial charge in [-0.05, 0) is 42.8 Å². The van der Waals surface area contributed by atoms with Gasteiger partial charge in [-0.25, -0.2) is 8.42 Å². The van der Waals surface area contributed by atoms with Crippen LogP contribution >= 0.6 is 0 Å². The molecule has 0 amide bonds. The minimum Gasteiger partial charge on any atom is -0.490 e. The zero-order valence-corrected chi connectivity index (χ0v) is 15.1. The summed E-state index contributed by atoms with van der Waals surface area (Å²) >= 11 is 0. The summed E-state index contributed by atoms with van der Waals surface area (Å²) in [7, 11) is -3.43. The smallest absolute Gasteiger partial charge is 0.265 e. The van der Waals surface area contributed by atoms with Crippen LogP contribution in [0.25, 0.3) is 10.8 Å². The molecule has 6 heteroatoms. The maximum absolute atomic E-state index is 13.0. The van der Waals surface area contributed by atoms with Crippen LogP contribution in [0.5, 0.6) is 5.75 Å². The Hall–Kier alpha value is -2.60. The molecule has 1 heterocycles. The topological polar surface area (TPSA) is 65.4 Å². The zero-order chi connectivity index (χ0) is 18.2. The van der Waals surface area contributed by atoms with Gasteiger partial charge in [-0.15, -0.1) is 0 Å². The maximum atomic E-state index is 13.0. The first-order valence-corrected chi connectivity index (χ1v) is 9.77. The third kappa shape index (κ3) is 3.58. The lowest BCUT2D eigenvalue weighted by Gasteiger charge is -2.15. The lowest BCUT2D eigenvalue weighted by atomic mass is 10.2. The molecule has 25 heavy (non-hydrogen) atoms. The Morgan fingerprint density at radius 3 is 2.16 bits per heavy atom. The van der Waals surface area contributed by atoms with E-state index in [1.54, 1.807) is 12.4 Å². The molecule has 2 aromatic carbocycles. The third-order valence-electron chi connectivity index (χ3n) is 3.76. The van der Waals surface area contributed by atoms with E-state index in [4.69, 9.17) is 4.74 Å². The number of hydrogen-bond acceptors (Lipinski definition) is 4. The largest absolute Gasteiger partial charge is 0.490 e. The van der Waals surface area contributed by atoms with Crippen molar-refractivity contribution in [3.63, 3.8) is 0 Å². The highest BCUT2D eigenvalue weighted by atomic mass is 32.2. The number of carbonyl (C=O) groups excluding carboxylic acids is 1. The molecule has 0 fully saturated rings. The Morgan fingerprint density at radius 2 is 1.64 bits per heavy atom. The van der Waals surface area contributed by atoms with Gasteiger partial charge in [-0.2, -0.15) is 0 Å². The van der Waals surface area contributed by atoms with Crippen LogP contribution < -0.4 is 4.74 Å². The standard InChI is InChI=1S/C19H19NO4S/c1-13(2)24-18-9-8-16(25(3,22)23)10-17(18)19(21)20-11-14-6-4-5-7-15(14)12-20/h4-13H,1-3H3. The molecule has 0 spiro atoms. The van der Waals surface area contributed by atoms with Gasteiger partial charge in [0.25, 0.3) is 5.91 Å². The van der Waals surface area contributed by atoms with E-state index >= 15 is 0 Å². The van der Waals surface area contributed by atoms with Gasteiger partial charge in [0.15, 0.2) is 9.84 Å². The molecule has 0 atom stereocenters. The van der Waals surface area contributed by atoms with Gasteiger partial charge in [-0.1, -0.05) is 24.3 Å². The van der Waals surface area contributed by atoms with Crippen LogP contribution in [-0.2, 0) is 9.84 Å².